The molecule has 8 heteroatoms. The maximum Gasteiger partial charge on any atom is 0.389 e. The summed E-state index contributed by atoms with van der Waals surface area (Å²) in [6.45, 7) is 2.31. The number of hydrogen-bond donors (Lipinski definition) is 1. The monoisotopic (exact) mass is 367 g/mol. The van der Waals surface area contributed by atoms with E-state index in [0.29, 0.717) is 6.54 Å². The summed E-state index contributed by atoms with van der Waals surface area (Å²) < 4.78 is 61.3. The fourth-order valence-corrected chi connectivity index (χ4v) is 3.50. The highest BCUT2D eigenvalue weighted by Crippen LogP contribution is 2.21. The van der Waals surface area contributed by atoms with Crippen LogP contribution in [0.2, 0.25) is 0 Å². The molecule has 0 aromatic rings. The van der Waals surface area contributed by atoms with E-state index in [1.807, 2.05) is 6.92 Å². The van der Waals surface area contributed by atoms with Crippen molar-refractivity contribution >= 4 is 26.0 Å². The van der Waals surface area contributed by atoms with Crippen LogP contribution in [0.4, 0.5) is 13.2 Å². The number of rotatable bonds is 10. The summed E-state index contributed by atoms with van der Waals surface area (Å²) in [5.41, 5.74) is 0. The predicted octanol–water partition coefficient (Wildman–Crippen LogP) is 3.45. The van der Waals surface area contributed by atoms with E-state index >= 15 is 0 Å². The van der Waals surface area contributed by atoms with Crippen LogP contribution in [0.5, 0.6) is 0 Å². The van der Waals surface area contributed by atoms with Crippen molar-refractivity contribution in [3.63, 3.8) is 0 Å². The average molecular weight is 368 g/mol. The van der Waals surface area contributed by atoms with Crippen LogP contribution in [0.3, 0.4) is 0 Å². The van der Waals surface area contributed by atoms with Crippen LogP contribution in [0.15, 0.2) is 0 Å². The van der Waals surface area contributed by atoms with Crippen LogP contribution in [0.25, 0.3) is 0 Å². The van der Waals surface area contributed by atoms with Crippen LogP contribution in [0, 0.1) is 5.92 Å². The Morgan fingerprint density at radius 2 is 1.89 bits per heavy atom. The quantitative estimate of drug-likeness (QED) is 0.601. The lowest BCUT2D eigenvalue weighted by molar-refractivity contribution is -0.134. The van der Waals surface area contributed by atoms with Gasteiger partial charge in [0.15, 0.2) is 0 Å². The molecule has 0 aromatic heterocycles. The third-order valence-electron chi connectivity index (χ3n) is 2.68. The maximum atomic E-state index is 11.9. The van der Waals surface area contributed by atoms with Crippen molar-refractivity contribution in [2.24, 2.45) is 5.92 Å². The van der Waals surface area contributed by atoms with Crippen LogP contribution < -0.4 is 4.72 Å². The molecule has 0 aliphatic carbocycles. The van der Waals surface area contributed by atoms with E-state index in [1.54, 1.807) is 0 Å². The van der Waals surface area contributed by atoms with E-state index in [2.05, 4.69) is 20.7 Å². The summed E-state index contributed by atoms with van der Waals surface area (Å²) in [7, 11) is -3.60. The van der Waals surface area contributed by atoms with Gasteiger partial charge in [-0.3, -0.25) is 0 Å². The molecule has 0 radical (unpaired) electrons. The number of hydrogen-bond acceptors (Lipinski definition) is 2. The molecular formula is C11H21BrF3NO2S. The van der Waals surface area contributed by atoms with E-state index in [4.69, 9.17) is 0 Å². The molecule has 3 nitrogen and oxygen atoms in total. The Balaban J connectivity index is 4.07. The highest BCUT2D eigenvalue weighted by Gasteiger charge is 2.27. The van der Waals surface area contributed by atoms with Gasteiger partial charge in [0.25, 0.3) is 0 Å². The fraction of sp³-hybridized carbons (Fsp3) is 1.00. The molecule has 1 N–H and O–H groups in total. The van der Waals surface area contributed by atoms with Gasteiger partial charge >= 0.3 is 6.18 Å². The van der Waals surface area contributed by atoms with Crippen LogP contribution in [0.1, 0.15) is 39.0 Å². The van der Waals surface area contributed by atoms with Crippen LogP contribution in [-0.2, 0) is 10.0 Å². The molecule has 1 atom stereocenters. The van der Waals surface area contributed by atoms with Crippen molar-refractivity contribution in [2.75, 3.05) is 17.6 Å². The SMILES string of the molecule is CCCC(CCBr)CNS(=O)(=O)CCCC(F)(F)F. The van der Waals surface area contributed by atoms with Gasteiger partial charge in [-0.05, 0) is 25.2 Å². The molecule has 0 aliphatic heterocycles. The van der Waals surface area contributed by atoms with Gasteiger partial charge < -0.3 is 0 Å². The minimum Gasteiger partial charge on any atom is -0.215 e. The Labute approximate surface area is 121 Å². The van der Waals surface area contributed by atoms with Crippen LogP contribution >= 0.6 is 15.9 Å². The van der Waals surface area contributed by atoms with Crippen molar-refractivity contribution in [3.05, 3.63) is 0 Å². The van der Waals surface area contributed by atoms with Crippen LogP contribution in [-0.4, -0.2) is 32.2 Å². The summed E-state index contributed by atoms with van der Waals surface area (Å²) in [4.78, 5) is 0. The molecule has 116 valence electrons. The molecule has 0 spiro atoms. The molecule has 0 bridgehead atoms. The van der Waals surface area contributed by atoms with Gasteiger partial charge in [0.1, 0.15) is 0 Å². The molecule has 0 saturated carbocycles. The van der Waals surface area contributed by atoms with Gasteiger partial charge in [-0.2, -0.15) is 13.2 Å². The minimum absolute atomic E-state index is 0.224. The Morgan fingerprint density at radius 3 is 2.37 bits per heavy atom. The van der Waals surface area contributed by atoms with Crippen molar-refractivity contribution < 1.29 is 21.6 Å². The van der Waals surface area contributed by atoms with Crippen molar-refractivity contribution in [2.45, 2.75) is 45.2 Å². The van der Waals surface area contributed by atoms with E-state index in [1.165, 1.54) is 0 Å². The Bertz CT molecular complexity index is 327. The van der Waals surface area contributed by atoms with E-state index in [9.17, 15) is 21.6 Å². The first-order valence-electron chi connectivity index (χ1n) is 6.30. The molecule has 0 amide bonds. The molecule has 0 fully saturated rings. The molecule has 0 aliphatic rings. The lowest BCUT2D eigenvalue weighted by atomic mass is 10.0. The lowest BCUT2D eigenvalue weighted by Crippen LogP contribution is -2.32. The zero-order valence-electron chi connectivity index (χ0n) is 11.0. The normalized spacial score (nSPS) is 14.6. The second-order valence-corrected chi connectivity index (χ2v) is 7.24. The van der Waals surface area contributed by atoms with E-state index in [-0.39, 0.29) is 5.92 Å². The number of alkyl halides is 4. The zero-order valence-corrected chi connectivity index (χ0v) is 13.4. The summed E-state index contributed by atoms with van der Waals surface area (Å²) in [6, 6.07) is 0. The van der Waals surface area contributed by atoms with Gasteiger partial charge in [-0.25, -0.2) is 13.1 Å². The molecular weight excluding hydrogens is 347 g/mol. The first kappa shape index (κ1) is 19.2. The topological polar surface area (TPSA) is 46.2 Å². The van der Waals surface area contributed by atoms with Gasteiger partial charge in [0.2, 0.25) is 10.0 Å². The average Bonchev–Trinajstić information content (AvgIpc) is 2.24. The number of nitrogens with one attached hydrogen (secondary N) is 1. The number of halogens is 4. The standard InChI is InChI=1S/C11H21BrF3NO2S/c1-2-4-10(5-7-12)9-16-19(17,18)8-3-6-11(13,14)15/h10,16H,2-9H2,1H3. The van der Waals surface area contributed by atoms with E-state index < -0.39 is 34.8 Å². The molecule has 19 heavy (non-hydrogen) atoms. The first-order chi connectivity index (χ1) is 8.70. The first-order valence-corrected chi connectivity index (χ1v) is 9.07. The number of sulfonamides is 1. The molecule has 0 saturated heterocycles. The van der Waals surface area contributed by atoms with Gasteiger partial charge in [-0.15, -0.1) is 0 Å². The molecule has 1 unspecified atom stereocenters. The summed E-state index contributed by atoms with van der Waals surface area (Å²) in [6.07, 6.45) is -3.05. The Hall–Kier alpha value is 0.180. The Kier molecular flexibility index (Phi) is 9.26. The second-order valence-electron chi connectivity index (χ2n) is 4.52. The van der Waals surface area contributed by atoms with Crippen molar-refractivity contribution in [3.8, 4) is 0 Å². The largest absolute Gasteiger partial charge is 0.389 e. The Morgan fingerprint density at radius 1 is 1.26 bits per heavy atom. The summed E-state index contributed by atoms with van der Waals surface area (Å²) >= 11 is 3.30. The van der Waals surface area contributed by atoms with Gasteiger partial charge in [-0.1, -0.05) is 29.3 Å². The maximum absolute atomic E-state index is 11.9. The lowest BCUT2D eigenvalue weighted by Gasteiger charge is -2.16. The molecule has 0 heterocycles. The fourth-order valence-electron chi connectivity index (χ4n) is 1.69. The third-order valence-corrected chi connectivity index (χ3v) is 4.57. The highest BCUT2D eigenvalue weighted by atomic mass is 79.9. The van der Waals surface area contributed by atoms with Crippen molar-refractivity contribution in [1.82, 2.24) is 4.72 Å². The van der Waals surface area contributed by atoms with Gasteiger partial charge in [0.05, 0.1) is 5.75 Å². The van der Waals surface area contributed by atoms with Crippen molar-refractivity contribution in [1.29, 1.82) is 0 Å². The van der Waals surface area contributed by atoms with E-state index in [0.717, 1.165) is 24.6 Å². The zero-order chi connectivity index (χ0) is 14.9. The molecule has 0 aromatic carbocycles. The molecule has 0 rings (SSSR count). The third kappa shape index (κ3) is 11.7. The predicted molar refractivity (Wildman–Crippen MR) is 73.9 cm³/mol. The smallest absolute Gasteiger partial charge is 0.215 e. The minimum atomic E-state index is -4.30. The highest BCUT2D eigenvalue weighted by molar-refractivity contribution is 9.09. The second kappa shape index (κ2) is 9.18. The summed E-state index contributed by atoms with van der Waals surface area (Å²) in [5.74, 6) is -0.249. The van der Waals surface area contributed by atoms with Gasteiger partial charge in [0, 0.05) is 18.3 Å². The summed E-state index contributed by atoms with van der Waals surface area (Å²) in [5, 5.41) is 0.785.